The lowest BCUT2D eigenvalue weighted by molar-refractivity contribution is -0.0405. The normalized spacial score (nSPS) is 23.2. The SMILES string of the molecule is CNC(=O)N1CCN(c2cc(C3CC3)c3c(c2C#N)CC(C)(C)OC3)C[C@H]1C(C)C. The zero-order valence-corrected chi connectivity index (χ0v) is 18.9. The Morgan fingerprint density at radius 1 is 1.30 bits per heavy atom. The van der Waals surface area contributed by atoms with Crippen molar-refractivity contribution in [3.8, 4) is 6.07 Å². The highest BCUT2D eigenvalue weighted by Gasteiger charge is 2.38. The zero-order chi connectivity index (χ0) is 21.6. The molecule has 1 saturated heterocycles. The smallest absolute Gasteiger partial charge is 0.317 e. The van der Waals surface area contributed by atoms with Crippen LogP contribution in [-0.2, 0) is 17.8 Å². The van der Waals surface area contributed by atoms with Crippen LogP contribution in [0.5, 0.6) is 0 Å². The van der Waals surface area contributed by atoms with Crippen LogP contribution in [0.25, 0.3) is 0 Å². The number of nitriles is 1. The van der Waals surface area contributed by atoms with E-state index in [1.807, 2.05) is 4.90 Å². The minimum Gasteiger partial charge on any atom is -0.371 e. The minimum atomic E-state index is -0.254. The Bertz CT molecular complexity index is 882. The molecule has 0 aromatic heterocycles. The van der Waals surface area contributed by atoms with Crippen LogP contribution < -0.4 is 10.2 Å². The Labute approximate surface area is 180 Å². The molecule has 0 spiro atoms. The van der Waals surface area contributed by atoms with E-state index >= 15 is 0 Å². The predicted octanol–water partition coefficient (Wildman–Crippen LogP) is 3.77. The molecule has 1 atom stereocenters. The van der Waals surface area contributed by atoms with Gasteiger partial charge in [-0.05, 0) is 61.3 Å². The first-order chi connectivity index (χ1) is 14.3. The monoisotopic (exact) mass is 410 g/mol. The summed E-state index contributed by atoms with van der Waals surface area (Å²) in [5.41, 5.74) is 5.42. The number of anilines is 1. The van der Waals surface area contributed by atoms with Crippen LogP contribution in [-0.4, -0.2) is 49.3 Å². The van der Waals surface area contributed by atoms with Crippen molar-refractivity contribution >= 4 is 11.7 Å². The predicted molar refractivity (Wildman–Crippen MR) is 118 cm³/mol. The van der Waals surface area contributed by atoms with Crippen LogP contribution in [0.3, 0.4) is 0 Å². The van der Waals surface area contributed by atoms with Crippen LogP contribution in [0.2, 0.25) is 0 Å². The molecule has 1 N–H and O–H groups in total. The number of nitrogens with one attached hydrogen (secondary N) is 1. The van der Waals surface area contributed by atoms with Crippen molar-refractivity contribution in [2.75, 3.05) is 31.6 Å². The van der Waals surface area contributed by atoms with E-state index in [1.54, 1.807) is 7.05 Å². The summed E-state index contributed by atoms with van der Waals surface area (Å²) in [6, 6.07) is 4.91. The molecule has 162 valence electrons. The summed E-state index contributed by atoms with van der Waals surface area (Å²) in [7, 11) is 1.69. The lowest BCUT2D eigenvalue weighted by atomic mass is 9.83. The number of carbonyl (C=O) groups is 1. The first kappa shape index (κ1) is 21.0. The summed E-state index contributed by atoms with van der Waals surface area (Å²) in [4.78, 5) is 16.7. The summed E-state index contributed by atoms with van der Waals surface area (Å²) in [5, 5.41) is 13.0. The molecular weight excluding hydrogens is 376 g/mol. The maximum absolute atomic E-state index is 12.4. The topological polar surface area (TPSA) is 68.6 Å². The van der Waals surface area contributed by atoms with E-state index in [4.69, 9.17) is 4.74 Å². The lowest BCUT2D eigenvalue weighted by Crippen LogP contribution is -2.59. The van der Waals surface area contributed by atoms with Gasteiger partial charge >= 0.3 is 6.03 Å². The van der Waals surface area contributed by atoms with Crippen molar-refractivity contribution in [2.45, 2.75) is 71.1 Å². The number of amides is 2. The molecule has 1 aliphatic carbocycles. The summed E-state index contributed by atoms with van der Waals surface area (Å²) in [5.74, 6) is 0.937. The van der Waals surface area contributed by atoms with Gasteiger partial charge in [-0.15, -0.1) is 0 Å². The van der Waals surface area contributed by atoms with Gasteiger partial charge in [-0.2, -0.15) is 5.26 Å². The van der Waals surface area contributed by atoms with Gasteiger partial charge in [0.2, 0.25) is 0 Å². The van der Waals surface area contributed by atoms with E-state index < -0.39 is 0 Å². The van der Waals surface area contributed by atoms with E-state index in [9.17, 15) is 10.1 Å². The van der Waals surface area contributed by atoms with E-state index in [-0.39, 0.29) is 17.7 Å². The number of ether oxygens (including phenoxy) is 1. The molecule has 2 aliphatic heterocycles. The highest BCUT2D eigenvalue weighted by molar-refractivity contribution is 5.75. The lowest BCUT2D eigenvalue weighted by Gasteiger charge is -2.45. The number of benzene rings is 1. The van der Waals surface area contributed by atoms with Gasteiger partial charge in [-0.1, -0.05) is 13.8 Å². The van der Waals surface area contributed by atoms with Crippen LogP contribution >= 0.6 is 0 Å². The van der Waals surface area contributed by atoms with Crippen LogP contribution in [0.1, 0.15) is 68.7 Å². The standard InChI is InChI=1S/C24H34N4O2/c1-15(2)22-13-27(8-9-28(22)23(29)26-5)21-10-17(16-6-7-16)20-14-30-24(3,4)11-18(20)19(21)12-25/h10,15-16,22H,6-9,11,13-14H2,1-5H3,(H,26,29)/t22-/m0/s1. The van der Waals surface area contributed by atoms with Crippen LogP contribution in [0, 0.1) is 17.2 Å². The largest absolute Gasteiger partial charge is 0.371 e. The maximum atomic E-state index is 12.4. The third-order valence-electron chi connectivity index (χ3n) is 6.91. The first-order valence-electron chi connectivity index (χ1n) is 11.2. The average molecular weight is 411 g/mol. The number of hydrogen-bond donors (Lipinski definition) is 1. The molecule has 3 aliphatic rings. The highest BCUT2D eigenvalue weighted by Crippen LogP contribution is 2.47. The fraction of sp³-hybridized carbons (Fsp3) is 0.667. The number of rotatable bonds is 3. The number of urea groups is 1. The second kappa shape index (κ2) is 7.77. The van der Waals surface area contributed by atoms with Gasteiger partial charge < -0.3 is 19.9 Å². The molecule has 6 heteroatoms. The molecule has 0 bridgehead atoms. The van der Waals surface area contributed by atoms with E-state index in [0.717, 1.165) is 30.8 Å². The molecule has 1 aromatic rings. The van der Waals surface area contributed by atoms with Crippen molar-refractivity contribution in [1.82, 2.24) is 10.2 Å². The average Bonchev–Trinajstić information content (AvgIpc) is 3.56. The Morgan fingerprint density at radius 3 is 2.63 bits per heavy atom. The molecule has 0 unspecified atom stereocenters. The number of nitrogens with zero attached hydrogens (tertiary/aromatic N) is 3. The third-order valence-corrected chi connectivity index (χ3v) is 6.91. The number of carbonyl (C=O) groups excluding carboxylic acids is 1. The Hall–Kier alpha value is -2.26. The number of hydrogen-bond acceptors (Lipinski definition) is 4. The van der Waals surface area contributed by atoms with Gasteiger partial charge in [0.1, 0.15) is 6.07 Å². The summed E-state index contributed by atoms with van der Waals surface area (Å²) in [6.45, 7) is 11.3. The Kier molecular flexibility index (Phi) is 5.44. The molecule has 1 aromatic carbocycles. The van der Waals surface area contributed by atoms with Gasteiger partial charge in [0.15, 0.2) is 0 Å². The summed E-state index contributed by atoms with van der Waals surface area (Å²) in [6.07, 6.45) is 3.21. The fourth-order valence-corrected chi connectivity index (χ4v) is 5.02. The van der Waals surface area contributed by atoms with E-state index in [0.29, 0.717) is 25.0 Å². The molecule has 30 heavy (non-hydrogen) atoms. The second-order valence-corrected chi connectivity index (χ2v) is 9.93. The first-order valence-corrected chi connectivity index (χ1v) is 11.2. The number of piperazine rings is 1. The van der Waals surface area contributed by atoms with Gasteiger partial charge in [-0.3, -0.25) is 0 Å². The molecular formula is C24H34N4O2. The summed E-state index contributed by atoms with van der Waals surface area (Å²) >= 11 is 0. The van der Waals surface area contributed by atoms with Gasteiger partial charge in [0.25, 0.3) is 0 Å². The minimum absolute atomic E-state index is 0.0168. The van der Waals surface area contributed by atoms with Crippen LogP contribution in [0.15, 0.2) is 6.07 Å². The van der Waals surface area contributed by atoms with Crippen molar-refractivity contribution in [2.24, 2.45) is 5.92 Å². The molecule has 4 rings (SSSR count). The van der Waals surface area contributed by atoms with Crippen molar-refractivity contribution in [3.63, 3.8) is 0 Å². The van der Waals surface area contributed by atoms with Gasteiger partial charge in [-0.25, -0.2) is 4.79 Å². The third kappa shape index (κ3) is 3.76. The number of fused-ring (bicyclic) bond motifs is 1. The second-order valence-electron chi connectivity index (χ2n) is 9.93. The zero-order valence-electron chi connectivity index (χ0n) is 18.9. The van der Waals surface area contributed by atoms with Crippen molar-refractivity contribution in [3.05, 3.63) is 28.3 Å². The maximum Gasteiger partial charge on any atom is 0.317 e. The molecule has 6 nitrogen and oxygen atoms in total. The fourth-order valence-electron chi connectivity index (χ4n) is 5.02. The molecule has 2 heterocycles. The quantitative estimate of drug-likeness (QED) is 0.824. The molecule has 0 radical (unpaired) electrons. The van der Waals surface area contributed by atoms with E-state index in [2.05, 4.69) is 50.0 Å². The Balaban J connectivity index is 1.75. The molecule has 1 saturated carbocycles. The van der Waals surface area contributed by atoms with Crippen molar-refractivity contribution < 1.29 is 9.53 Å². The van der Waals surface area contributed by atoms with E-state index in [1.165, 1.54) is 29.5 Å². The highest BCUT2D eigenvalue weighted by atomic mass is 16.5. The molecule has 2 fully saturated rings. The van der Waals surface area contributed by atoms with Crippen molar-refractivity contribution in [1.29, 1.82) is 5.26 Å². The van der Waals surface area contributed by atoms with Gasteiger partial charge in [0.05, 0.1) is 29.5 Å². The van der Waals surface area contributed by atoms with Crippen LogP contribution in [0.4, 0.5) is 10.5 Å². The molecule has 2 amide bonds. The van der Waals surface area contributed by atoms with Gasteiger partial charge in [0, 0.05) is 33.1 Å². The Morgan fingerprint density at radius 2 is 2.03 bits per heavy atom. The summed E-state index contributed by atoms with van der Waals surface area (Å²) < 4.78 is 6.12.